The SMILES string of the molecule is CCN(c1ccc(NC(=O)COC(=O)c2cnc(C)s2)cc1)C(C)C. The smallest absolute Gasteiger partial charge is 0.350 e. The van der Waals surface area contributed by atoms with Crippen molar-refractivity contribution in [2.45, 2.75) is 33.7 Å². The first-order chi connectivity index (χ1) is 11.9. The molecule has 0 spiro atoms. The number of amides is 1. The third-order valence-corrected chi connectivity index (χ3v) is 4.50. The van der Waals surface area contributed by atoms with E-state index in [2.05, 4.69) is 36.0 Å². The third kappa shape index (κ3) is 5.29. The van der Waals surface area contributed by atoms with Gasteiger partial charge in [-0.05, 0) is 52.0 Å². The number of hydrogen-bond donors (Lipinski definition) is 1. The lowest BCUT2D eigenvalue weighted by Crippen LogP contribution is -2.30. The summed E-state index contributed by atoms with van der Waals surface area (Å²) in [5.41, 5.74) is 1.76. The first-order valence-corrected chi connectivity index (χ1v) is 8.98. The van der Waals surface area contributed by atoms with Crippen LogP contribution in [0.1, 0.15) is 35.5 Å². The van der Waals surface area contributed by atoms with E-state index in [9.17, 15) is 9.59 Å². The fraction of sp³-hybridized carbons (Fsp3) is 0.389. The van der Waals surface area contributed by atoms with Crippen LogP contribution in [0, 0.1) is 6.92 Å². The Balaban J connectivity index is 1.87. The van der Waals surface area contributed by atoms with Crippen LogP contribution in [-0.2, 0) is 9.53 Å². The van der Waals surface area contributed by atoms with Gasteiger partial charge < -0.3 is 15.0 Å². The molecule has 0 atom stereocenters. The Kier molecular flexibility index (Phi) is 6.52. The van der Waals surface area contributed by atoms with Crippen molar-refractivity contribution >= 4 is 34.6 Å². The van der Waals surface area contributed by atoms with Gasteiger partial charge in [0, 0.05) is 24.0 Å². The van der Waals surface area contributed by atoms with Crippen LogP contribution in [-0.4, -0.2) is 36.1 Å². The van der Waals surface area contributed by atoms with Gasteiger partial charge in [-0.2, -0.15) is 0 Å². The maximum atomic E-state index is 11.9. The molecule has 0 fully saturated rings. The molecular weight excluding hydrogens is 338 g/mol. The Bertz CT molecular complexity index is 725. The van der Waals surface area contributed by atoms with Crippen molar-refractivity contribution in [2.75, 3.05) is 23.4 Å². The van der Waals surface area contributed by atoms with Gasteiger partial charge in [0.25, 0.3) is 5.91 Å². The number of rotatable bonds is 7. The minimum absolute atomic E-state index is 0.329. The zero-order valence-electron chi connectivity index (χ0n) is 14.9. The second-order valence-electron chi connectivity index (χ2n) is 5.79. The number of aromatic nitrogens is 1. The summed E-state index contributed by atoms with van der Waals surface area (Å²) in [6.45, 7) is 8.77. The molecule has 0 saturated heterocycles. The molecule has 1 aromatic heterocycles. The second kappa shape index (κ2) is 8.62. The molecule has 134 valence electrons. The Morgan fingerprint density at radius 3 is 2.48 bits per heavy atom. The summed E-state index contributed by atoms with van der Waals surface area (Å²) in [6.07, 6.45) is 1.45. The molecule has 0 saturated carbocycles. The van der Waals surface area contributed by atoms with E-state index in [1.807, 2.05) is 24.3 Å². The number of ether oxygens (including phenoxy) is 1. The van der Waals surface area contributed by atoms with E-state index in [-0.39, 0.29) is 12.5 Å². The highest BCUT2D eigenvalue weighted by Crippen LogP contribution is 2.20. The van der Waals surface area contributed by atoms with Gasteiger partial charge in [0.15, 0.2) is 6.61 Å². The topological polar surface area (TPSA) is 71.5 Å². The summed E-state index contributed by atoms with van der Waals surface area (Å²) in [7, 11) is 0. The monoisotopic (exact) mass is 361 g/mol. The highest BCUT2D eigenvalue weighted by Gasteiger charge is 2.13. The van der Waals surface area contributed by atoms with E-state index in [1.165, 1.54) is 17.5 Å². The van der Waals surface area contributed by atoms with E-state index in [1.54, 1.807) is 6.92 Å². The van der Waals surface area contributed by atoms with E-state index in [4.69, 9.17) is 4.74 Å². The number of nitrogens with one attached hydrogen (secondary N) is 1. The van der Waals surface area contributed by atoms with Gasteiger partial charge in [-0.1, -0.05) is 0 Å². The molecule has 0 unspecified atom stereocenters. The summed E-state index contributed by atoms with van der Waals surface area (Å²) in [6, 6.07) is 8.01. The van der Waals surface area contributed by atoms with Crippen molar-refractivity contribution in [1.29, 1.82) is 0 Å². The van der Waals surface area contributed by atoms with Crippen molar-refractivity contribution in [3.63, 3.8) is 0 Å². The van der Waals surface area contributed by atoms with E-state index < -0.39 is 5.97 Å². The van der Waals surface area contributed by atoms with Crippen LogP contribution in [0.4, 0.5) is 11.4 Å². The quantitative estimate of drug-likeness (QED) is 0.765. The fourth-order valence-electron chi connectivity index (χ4n) is 2.44. The normalized spacial score (nSPS) is 10.6. The van der Waals surface area contributed by atoms with Gasteiger partial charge in [-0.3, -0.25) is 4.79 Å². The Labute approximate surface area is 151 Å². The standard InChI is InChI=1S/C18H23N3O3S/c1-5-21(12(2)3)15-8-6-14(7-9-15)20-17(22)11-24-18(23)16-10-19-13(4)25-16/h6-10,12H,5,11H2,1-4H3,(H,20,22). The fourth-order valence-corrected chi connectivity index (χ4v) is 3.11. The summed E-state index contributed by atoms with van der Waals surface area (Å²) in [4.78, 5) is 30.4. The number of esters is 1. The van der Waals surface area contributed by atoms with Crippen LogP contribution in [0.2, 0.25) is 0 Å². The number of carbonyl (C=O) groups excluding carboxylic acids is 2. The molecule has 1 heterocycles. The molecule has 1 N–H and O–H groups in total. The average molecular weight is 361 g/mol. The molecule has 7 heteroatoms. The van der Waals surface area contributed by atoms with Gasteiger partial charge in [0.05, 0.1) is 11.2 Å². The number of hydrogen-bond acceptors (Lipinski definition) is 6. The minimum Gasteiger partial charge on any atom is -0.451 e. The number of carbonyl (C=O) groups is 2. The van der Waals surface area contributed by atoms with Crippen LogP contribution in [0.15, 0.2) is 30.5 Å². The van der Waals surface area contributed by atoms with Crippen LogP contribution >= 0.6 is 11.3 Å². The maximum absolute atomic E-state index is 11.9. The molecule has 0 aliphatic heterocycles. The number of anilines is 2. The van der Waals surface area contributed by atoms with Crippen molar-refractivity contribution in [2.24, 2.45) is 0 Å². The van der Waals surface area contributed by atoms with Crippen molar-refractivity contribution in [3.8, 4) is 0 Å². The maximum Gasteiger partial charge on any atom is 0.350 e. The first-order valence-electron chi connectivity index (χ1n) is 8.16. The van der Waals surface area contributed by atoms with E-state index in [0.717, 1.165) is 17.2 Å². The summed E-state index contributed by atoms with van der Waals surface area (Å²) < 4.78 is 5.00. The Hall–Kier alpha value is -2.41. The van der Waals surface area contributed by atoms with Crippen LogP contribution < -0.4 is 10.2 Å². The predicted molar refractivity (Wildman–Crippen MR) is 100 cm³/mol. The lowest BCUT2D eigenvalue weighted by molar-refractivity contribution is -0.119. The Morgan fingerprint density at radius 1 is 1.28 bits per heavy atom. The van der Waals surface area contributed by atoms with Crippen molar-refractivity contribution in [1.82, 2.24) is 4.98 Å². The molecule has 1 aromatic carbocycles. The highest BCUT2D eigenvalue weighted by atomic mass is 32.1. The van der Waals surface area contributed by atoms with Crippen LogP contribution in [0.5, 0.6) is 0 Å². The largest absolute Gasteiger partial charge is 0.451 e. The molecule has 0 bridgehead atoms. The molecular formula is C18H23N3O3S. The molecule has 2 aromatic rings. The van der Waals surface area contributed by atoms with E-state index in [0.29, 0.717) is 16.6 Å². The van der Waals surface area contributed by atoms with Gasteiger partial charge in [0.1, 0.15) is 4.88 Å². The Morgan fingerprint density at radius 2 is 1.96 bits per heavy atom. The molecule has 25 heavy (non-hydrogen) atoms. The first kappa shape index (κ1) is 18.9. The number of aryl methyl sites for hydroxylation is 1. The number of nitrogens with zero attached hydrogens (tertiary/aromatic N) is 2. The highest BCUT2D eigenvalue weighted by molar-refractivity contribution is 7.13. The van der Waals surface area contributed by atoms with Gasteiger partial charge in [-0.15, -0.1) is 11.3 Å². The van der Waals surface area contributed by atoms with Crippen LogP contribution in [0.3, 0.4) is 0 Å². The van der Waals surface area contributed by atoms with Gasteiger partial charge >= 0.3 is 5.97 Å². The molecule has 0 radical (unpaired) electrons. The summed E-state index contributed by atoms with van der Waals surface area (Å²) in [5, 5.41) is 3.50. The third-order valence-electron chi connectivity index (χ3n) is 3.60. The van der Waals surface area contributed by atoms with Crippen LogP contribution in [0.25, 0.3) is 0 Å². The van der Waals surface area contributed by atoms with Crippen molar-refractivity contribution in [3.05, 3.63) is 40.3 Å². The molecule has 0 aliphatic rings. The zero-order valence-corrected chi connectivity index (χ0v) is 15.7. The number of thiazole rings is 1. The van der Waals surface area contributed by atoms with Gasteiger partial charge in [-0.25, -0.2) is 9.78 Å². The molecule has 1 amide bonds. The lowest BCUT2D eigenvalue weighted by atomic mass is 10.2. The number of benzene rings is 1. The van der Waals surface area contributed by atoms with Crippen molar-refractivity contribution < 1.29 is 14.3 Å². The van der Waals surface area contributed by atoms with Gasteiger partial charge in [0.2, 0.25) is 0 Å². The molecule has 6 nitrogen and oxygen atoms in total. The average Bonchev–Trinajstić information content (AvgIpc) is 3.01. The lowest BCUT2D eigenvalue weighted by Gasteiger charge is -2.27. The predicted octanol–water partition coefficient (Wildman–Crippen LogP) is 3.48. The second-order valence-corrected chi connectivity index (χ2v) is 7.03. The molecule has 2 rings (SSSR count). The minimum atomic E-state index is -0.536. The molecule has 0 aliphatic carbocycles. The summed E-state index contributed by atoms with van der Waals surface area (Å²) in [5.74, 6) is -0.912. The zero-order chi connectivity index (χ0) is 18.4. The summed E-state index contributed by atoms with van der Waals surface area (Å²) >= 11 is 1.24. The van der Waals surface area contributed by atoms with E-state index >= 15 is 0 Å².